The Morgan fingerprint density at radius 3 is 2.38 bits per heavy atom. The topological polar surface area (TPSA) is 64.1 Å². The molecule has 0 saturated carbocycles. The highest BCUT2D eigenvalue weighted by Gasteiger charge is 2.04. The smallest absolute Gasteiger partial charge is 0.0418 e. The Morgan fingerprint density at radius 2 is 1.69 bits per heavy atom. The molecule has 0 spiro atoms. The summed E-state index contributed by atoms with van der Waals surface area (Å²) in [4.78, 5) is 0. The second-order valence-corrected chi connectivity index (χ2v) is 3.68. The minimum atomic E-state index is 0.747. The second kappa shape index (κ2) is 4.14. The van der Waals surface area contributed by atoms with Crippen LogP contribution in [0.2, 0.25) is 0 Å². The van der Waals surface area contributed by atoms with Crippen molar-refractivity contribution in [1.29, 1.82) is 0 Å². The third-order valence-electron chi connectivity index (χ3n) is 2.51. The SMILES string of the molecule is CNc1ccc(N)cc1-c1cccc(N)c1. The number of rotatable bonds is 2. The van der Waals surface area contributed by atoms with Crippen LogP contribution < -0.4 is 16.8 Å². The molecule has 82 valence electrons. The molecule has 0 aliphatic heterocycles. The van der Waals surface area contributed by atoms with E-state index in [4.69, 9.17) is 11.5 Å². The van der Waals surface area contributed by atoms with Crippen molar-refractivity contribution in [1.82, 2.24) is 0 Å². The van der Waals surface area contributed by atoms with Gasteiger partial charge < -0.3 is 16.8 Å². The van der Waals surface area contributed by atoms with E-state index < -0.39 is 0 Å². The lowest BCUT2D eigenvalue weighted by Crippen LogP contribution is -1.94. The summed E-state index contributed by atoms with van der Waals surface area (Å²) in [6.45, 7) is 0. The molecule has 0 fully saturated rings. The Bertz CT molecular complexity index is 506. The van der Waals surface area contributed by atoms with Gasteiger partial charge in [0, 0.05) is 29.7 Å². The molecular weight excluding hydrogens is 198 g/mol. The van der Waals surface area contributed by atoms with Crippen molar-refractivity contribution in [2.45, 2.75) is 0 Å². The van der Waals surface area contributed by atoms with Crippen LogP contribution >= 0.6 is 0 Å². The number of nitrogen functional groups attached to an aromatic ring is 2. The van der Waals surface area contributed by atoms with Crippen molar-refractivity contribution in [2.24, 2.45) is 0 Å². The highest BCUT2D eigenvalue weighted by Crippen LogP contribution is 2.30. The van der Waals surface area contributed by atoms with E-state index >= 15 is 0 Å². The first-order valence-corrected chi connectivity index (χ1v) is 5.14. The number of nitrogens with two attached hydrogens (primary N) is 2. The zero-order valence-electron chi connectivity index (χ0n) is 9.20. The van der Waals surface area contributed by atoms with E-state index in [-0.39, 0.29) is 0 Å². The largest absolute Gasteiger partial charge is 0.399 e. The number of anilines is 3. The van der Waals surface area contributed by atoms with Crippen LogP contribution in [0.4, 0.5) is 17.1 Å². The predicted octanol–water partition coefficient (Wildman–Crippen LogP) is 2.56. The first-order chi connectivity index (χ1) is 7.70. The van der Waals surface area contributed by atoms with Crippen LogP contribution in [-0.2, 0) is 0 Å². The standard InChI is InChI=1S/C13H15N3/c1-16-13-6-5-11(15)8-12(13)9-3-2-4-10(14)7-9/h2-8,16H,14-15H2,1H3. The number of hydrogen-bond donors (Lipinski definition) is 3. The number of hydrogen-bond acceptors (Lipinski definition) is 3. The van der Waals surface area contributed by atoms with Gasteiger partial charge in [0.2, 0.25) is 0 Å². The molecule has 3 nitrogen and oxygen atoms in total. The van der Waals surface area contributed by atoms with Crippen molar-refractivity contribution in [3.63, 3.8) is 0 Å². The fraction of sp³-hybridized carbons (Fsp3) is 0.0769. The molecule has 0 aliphatic carbocycles. The quantitative estimate of drug-likeness (QED) is 0.672. The summed E-state index contributed by atoms with van der Waals surface area (Å²) in [5.41, 5.74) is 16.2. The molecule has 2 aromatic rings. The van der Waals surface area contributed by atoms with Gasteiger partial charge in [0.05, 0.1) is 0 Å². The molecule has 16 heavy (non-hydrogen) atoms. The summed E-state index contributed by atoms with van der Waals surface area (Å²) < 4.78 is 0. The van der Waals surface area contributed by atoms with Gasteiger partial charge in [-0.05, 0) is 35.9 Å². The molecule has 0 atom stereocenters. The van der Waals surface area contributed by atoms with E-state index in [1.54, 1.807) is 0 Å². The molecule has 2 aromatic carbocycles. The average Bonchev–Trinajstić information content (AvgIpc) is 2.29. The van der Waals surface area contributed by atoms with Crippen molar-refractivity contribution in [3.8, 4) is 11.1 Å². The zero-order valence-corrected chi connectivity index (χ0v) is 9.20. The van der Waals surface area contributed by atoms with Crippen LogP contribution in [0.25, 0.3) is 11.1 Å². The molecule has 0 radical (unpaired) electrons. The molecule has 0 saturated heterocycles. The maximum absolute atomic E-state index is 5.80. The van der Waals surface area contributed by atoms with Gasteiger partial charge >= 0.3 is 0 Å². The molecule has 0 heterocycles. The first kappa shape index (κ1) is 10.4. The Morgan fingerprint density at radius 1 is 0.938 bits per heavy atom. The van der Waals surface area contributed by atoms with Crippen molar-refractivity contribution >= 4 is 17.1 Å². The summed E-state index contributed by atoms with van der Waals surface area (Å²) in [5, 5.41) is 3.14. The summed E-state index contributed by atoms with van der Waals surface area (Å²) in [5.74, 6) is 0. The molecule has 0 amide bonds. The van der Waals surface area contributed by atoms with Crippen LogP contribution in [0.15, 0.2) is 42.5 Å². The van der Waals surface area contributed by atoms with E-state index in [0.717, 1.165) is 28.2 Å². The molecule has 0 aliphatic rings. The monoisotopic (exact) mass is 213 g/mol. The Labute approximate surface area is 95.1 Å². The van der Waals surface area contributed by atoms with Crippen LogP contribution in [0.3, 0.4) is 0 Å². The third-order valence-corrected chi connectivity index (χ3v) is 2.51. The van der Waals surface area contributed by atoms with Crippen molar-refractivity contribution in [2.75, 3.05) is 23.8 Å². The van der Waals surface area contributed by atoms with Crippen LogP contribution in [0.1, 0.15) is 0 Å². The van der Waals surface area contributed by atoms with Crippen LogP contribution in [-0.4, -0.2) is 7.05 Å². The fourth-order valence-electron chi connectivity index (χ4n) is 1.72. The van der Waals surface area contributed by atoms with Gasteiger partial charge in [-0.15, -0.1) is 0 Å². The van der Waals surface area contributed by atoms with Gasteiger partial charge in [0.1, 0.15) is 0 Å². The van der Waals surface area contributed by atoms with Gasteiger partial charge in [-0.25, -0.2) is 0 Å². The Kier molecular flexibility index (Phi) is 2.68. The van der Waals surface area contributed by atoms with E-state index in [1.165, 1.54) is 0 Å². The molecule has 0 aromatic heterocycles. The lowest BCUT2D eigenvalue weighted by molar-refractivity contribution is 1.50. The Balaban J connectivity index is 2.58. The van der Waals surface area contributed by atoms with Gasteiger partial charge in [-0.2, -0.15) is 0 Å². The van der Waals surface area contributed by atoms with Crippen LogP contribution in [0.5, 0.6) is 0 Å². The van der Waals surface area contributed by atoms with Crippen LogP contribution in [0, 0.1) is 0 Å². The van der Waals surface area contributed by atoms with Gasteiger partial charge in [-0.1, -0.05) is 12.1 Å². The van der Waals surface area contributed by atoms with Crippen molar-refractivity contribution in [3.05, 3.63) is 42.5 Å². The summed E-state index contributed by atoms with van der Waals surface area (Å²) >= 11 is 0. The lowest BCUT2D eigenvalue weighted by Gasteiger charge is -2.10. The summed E-state index contributed by atoms with van der Waals surface area (Å²) in [6.07, 6.45) is 0. The molecule has 0 bridgehead atoms. The minimum absolute atomic E-state index is 0.747. The highest BCUT2D eigenvalue weighted by atomic mass is 14.8. The van der Waals surface area contributed by atoms with Gasteiger partial charge in [-0.3, -0.25) is 0 Å². The normalized spacial score (nSPS) is 10.1. The Hall–Kier alpha value is -2.16. The number of nitrogens with one attached hydrogen (secondary N) is 1. The number of benzene rings is 2. The van der Waals surface area contributed by atoms with E-state index in [0.29, 0.717) is 0 Å². The average molecular weight is 213 g/mol. The first-order valence-electron chi connectivity index (χ1n) is 5.14. The molecule has 5 N–H and O–H groups in total. The van der Waals surface area contributed by atoms with E-state index in [1.807, 2.05) is 49.5 Å². The molecular formula is C13H15N3. The van der Waals surface area contributed by atoms with E-state index in [2.05, 4.69) is 5.32 Å². The maximum atomic E-state index is 5.80. The van der Waals surface area contributed by atoms with Gasteiger partial charge in [0.15, 0.2) is 0 Å². The van der Waals surface area contributed by atoms with E-state index in [9.17, 15) is 0 Å². The second-order valence-electron chi connectivity index (χ2n) is 3.68. The zero-order chi connectivity index (χ0) is 11.5. The minimum Gasteiger partial charge on any atom is -0.399 e. The molecule has 2 rings (SSSR count). The highest BCUT2D eigenvalue weighted by molar-refractivity contribution is 5.81. The third kappa shape index (κ3) is 1.93. The molecule has 3 heteroatoms. The summed E-state index contributed by atoms with van der Waals surface area (Å²) in [6, 6.07) is 13.6. The van der Waals surface area contributed by atoms with Gasteiger partial charge in [0.25, 0.3) is 0 Å². The summed E-state index contributed by atoms with van der Waals surface area (Å²) in [7, 11) is 1.89. The fourth-order valence-corrected chi connectivity index (χ4v) is 1.72. The maximum Gasteiger partial charge on any atom is 0.0418 e. The molecule has 0 unspecified atom stereocenters. The predicted molar refractivity (Wildman–Crippen MR) is 70.2 cm³/mol. The van der Waals surface area contributed by atoms with Crippen molar-refractivity contribution < 1.29 is 0 Å². The lowest BCUT2D eigenvalue weighted by atomic mass is 10.0.